The monoisotopic (exact) mass is 342 g/mol. The number of nitrogens with one attached hydrogen (secondary N) is 1. The Balaban J connectivity index is 2.05. The zero-order valence-corrected chi connectivity index (χ0v) is 12.8. The van der Waals surface area contributed by atoms with Crippen LogP contribution < -0.4 is 5.32 Å². The molecule has 0 aliphatic rings. The van der Waals surface area contributed by atoms with Crippen LogP contribution in [0.3, 0.4) is 0 Å². The van der Waals surface area contributed by atoms with Gasteiger partial charge in [0, 0.05) is 26.8 Å². The van der Waals surface area contributed by atoms with E-state index in [-0.39, 0.29) is 6.61 Å². The van der Waals surface area contributed by atoms with Crippen LogP contribution in [0.5, 0.6) is 0 Å². The highest BCUT2D eigenvalue weighted by Gasteiger charge is 2.08. The Bertz CT molecular complexity index is 557. The van der Waals surface area contributed by atoms with Crippen molar-refractivity contribution in [3.8, 4) is 0 Å². The highest BCUT2D eigenvalue weighted by atomic mass is 79.9. The standard InChI is InChI=1S/C13H15BrN2O2S/c1-8(18)13-16-6-11(19-13)5-15-12-3-2-10(14)4-9(12)7-17/h2-4,6,8,15,17-18H,5,7H2,1H3/t8-/m0/s1. The van der Waals surface area contributed by atoms with E-state index in [0.29, 0.717) is 6.54 Å². The molecule has 1 heterocycles. The molecule has 0 aliphatic carbocycles. The molecule has 1 atom stereocenters. The average Bonchev–Trinajstić information content (AvgIpc) is 2.86. The Morgan fingerprint density at radius 2 is 2.26 bits per heavy atom. The van der Waals surface area contributed by atoms with Gasteiger partial charge in [0.15, 0.2) is 0 Å². The summed E-state index contributed by atoms with van der Waals surface area (Å²) >= 11 is 4.86. The summed E-state index contributed by atoms with van der Waals surface area (Å²) in [4.78, 5) is 5.20. The summed E-state index contributed by atoms with van der Waals surface area (Å²) < 4.78 is 0.941. The van der Waals surface area contributed by atoms with Gasteiger partial charge >= 0.3 is 0 Å². The normalized spacial score (nSPS) is 12.4. The minimum atomic E-state index is -0.528. The van der Waals surface area contributed by atoms with Crippen LogP contribution in [0.4, 0.5) is 5.69 Å². The summed E-state index contributed by atoms with van der Waals surface area (Å²) in [7, 11) is 0. The molecule has 0 spiro atoms. The van der Waals surface area contributed by atoms with Crippen LogP contribution in [0, 0.1) is 0 Å². The second-order valence-corrected chi connectivity index (χ2v) is 6.22. The first-order valence-corrected chi connectivity index (χ1v) is 7.47. The van der Waals surface area contributed by atoms with Crippen LogP contribution in [0.25, 0.3) is 0 Å². The van der Waals surface area contributed by atoms with Crippen molar-refractivity contribution in [3.05, 3.63) is 44.3 Å². The number of aromatic nitrogens is 1. The van der Waals surface area contributed by atoms with Gasteiger partial charge in [-0.25, -0.2) is 4.98 Å². The van der Waals surface area contributed by atoms with E-state index in [4.69, 9.17) is 0 Å². The van der Waals surface area contributed by atoms with Crippen molar-refractivity contribution in [1.82, 2.24) is 4.98 Å². The summed E-state index contributed by atoms with van der Waals surface area (Å²) in [5.74, 6) is 0. The second-order valence-electron chi connectivity index (χ2n) is 4.15. The zero-order chi connectivity index (χ0) is 13.8. The fourth-order valence-electron chi connectivity index (χ4n) is 1.65. The molecule has 0 unspecified atom stereocenters. The highest BCUT2D eigenvalue weighted by molar-refractivity contribution is 9.10. The number of thiazole rings is 1. The van der Waals surface area contributed by atoms with Gasteiger partial charge in [-0.3, -0.25) is 0 Å². The maximum absolute atomic E-state index is 9.42. The van der Waals surface area contributed by atoms with E-state index >= 15 is 0 Å². The summed E-state index contributed by atoms with van der Waals surface area (Å²) in [5.41, 5.74) is 1.74. The summed E-state index contributed by atoms with van der Waals surface area (Å²) in [6.07, 6.45) is 1.23. The van der Waals surface area contributed by atoms with Gasteiger partial charge in [-0.15, -0.1) is 11.3 Å². The molecule has 1 aromatic heterocycles. The molecule has 0 saturated carbocycles. The van der Waals surface area contributed by atoms with Gasteiger partial charge in [-0.05, 0) is 25.1 Å². The number of nitrogens with zero attached hydrogens (tertiary/aromatic N) is 1. The van der Waals surface area contributed by atoms with Crippen molar-refractivity contribution in [2.45, 2.75) is 26.2 Å². The highest BCUT2D eigenvalue weighted by Crippen LogP contribution is 2.24. The third kappa shape index (κ3) is 3.76. The predicted octanol–water partition coefficient (Wildman–Crippen LogP) is 3.06. The quantitative estimate of drug-likeness (QED) is 0.781. The largest absolute Gasteiger partial charge is 0.392 e. The number of hydrogen-bond acceptors (Lipinski definition) is 5. The molecule has 0 bridgehead atoms. The van der Waals surface area contributed by atoms with Gasteiger partial charge in [0.1, 0.15) is 11.1 Å². The van der Waals surface area contributed by atoms with Crippen molar-refractivity contribution in [1.29, 1.82) is 0 Å². The number of anilines is 1. The van der Waals surface area contributed by atoms with E-state index in [1.54, 1.807) is 13.1 Å². The molecule has 4 nitrogen and oxygen atoms in total. The van der Waals surface area contributed by atoms with E-state index < -0.39 is 6.10 Å². The molecular formula is C13H15BrN2O2S. The van der Waals surface area contributed by atoms with Gasteiger partial charge in [0.25, 0.3) is 0 Å². The predicted molar refractivity (Wildman–Crippen MR) is 80.1 cm³/mol. The van der Waals surface area contributed by atoms with Crippen LogP contribution in [-0.2, 0) is 13.2 Å². The lowest BCUT2D eigenvalue weighted by atomic mass is 10.2. The lowest BCUT2D eigenvalue weighted by Crippen LogP contribution is -2.01. The molecule has 19 heavy (non-hydrogen) atoms. The molecule has 6 heteroatoms. The van der Waals surface area contributed by atoms with E-state index in [9.17, 15) is 10.2 Å². The summed E-state index contributed by atoms with van der Waals surface area (Å²) in [6.45, 7) is 2.32. The van der Waals surface area contributed by atoms with Crippen LogP contribution in [0.2, 0.25) is 0 Å². The molecule has 0 aliphatic heterocycles. The topological polar surface area (TPSA) is 65.4 Å². The number of hydrogen-bond donors (Lipinski definition) is 3. The number of rotatable bonds is 5. The first kappa shape index (κ1) is 14.5. The lowest BCUT2D eigenvalue weighted by molar-refractivity contribution is 0.199. The fourth-order valence-corrected chi connectivity index (χ4v) is 2.85. The van der Waals surface area contributed by atoms with Gasteiger partial charge in [0.05, 0.1) is 13.2 Å². The van der Waals surface area contributed by atoms with E-state index in [1.165, 1.54) is 11.3 Å². The molecule has 1 aromatic carbocycles. The second kappa shape index (κ2) is 6.47. The third-order valence-corrected chi connectivity index (χ3v) is 4.28. The zero-order valence-electron chi connectivity index (χ0n) is 10.4. The van der Waals surface area contributed by atoms with E-state index in [0.717, 1.165) is 25.6 Å². The smallest absolute Gasteiger partial charge is 0.121 e. The SMILES string of the molecule is C[C@H](O)c1ncc(CNc2ccc(Br)cc2CO)s1. The van der Waals surface area contributed by atoms with Crippen molar-refractivity contribution >= 4 is 33.0 Å². The van der Waals surface area contributed by atoms with Gasteiger partial charge in [0.2, 0.25) is 0 Å². The van der Waals surface area contributed by atoms with E-state index in [1.807, 2.05) is 18.2 Å². The van der Waals surface area contributed by atoms with Gasteiger partial charge in [-0.1, -0.05) is 15.9 Å². The van der Waals surface area contributed by atoms with Crippen LogP contribution in [0.1, 0.15) is 28.5 Å². The Morgan fingerprint density at radius 1 is 1.47 bits per heavy atom. The first-order chi connectivity index (χ1) is 9.10. The van der Waals surface area contributed by atoms with Gasteiger partial charge < -0.3 is 15.5 Å². The molecule has 0 amide bonds. The van der Waals surface area contributed by atoms with Crippen LogP contribution in [-0.4, -0.2) is 15.2 Å². The van der Waals surface area contributed by atoms with Gasteiger partial charge in [-0.2, -0.15) is 0 Å². The third-order valence-electron chi connectivity index (χ3n) is 2.62. The first-order valence-electron chi connectivity index (χ1n) is 5.86. The Morgan fingerprint density at radius 3 is 2.89 bits per heavy atom. The van der Waals surface area contributed by atoms with Crippen molar-refractivity contribution in [3.63, 3.8) is 0 Å². The molecule has 102 valence electrons. The summed E-state index contributed by atoms with van der Waals surface area (Å²) in [5, 5.41) is 22.7. The maximum atomic E-state index is 9.42. The molecule has 3 N–H and O–H groups in total. The number of aliphatic hydroxyl groups is 2. The van der Waals surface area contributed by atoms with Crippen molar-refractivity contribution in [2.24, 2.45) is 0 Å². The molecular weight excluding hydrogens is 328 g/mol. The Labute approximate surface area is 124 Å². The minimum absolute atomic E-state index is 0.0105. The number of aliphatic hydroxyl groups excluding tert-OH is 2. The minimum Gasteiger partial charge on any atom is -0.392 e. The average molecular weight is 343 g/mol. The lowest BCUT2D eigenvalue weighted by Gasteiger charge is -2.10. The fraction of sp³-hybridized carbons (Fsp3) is 0.308. The van der Waals surface area contributed by atoms with Crippen LogP contribution in [0.15, 0.2) is 28.9 Å². The molecule has 0 fully saturated rings. The van der Waals surface area contributed by atoms with E-state index in [2.05, 4.69) is 26.2 Å². The van der Waals surface area contributed by atoms with Crippen LogP contribution >= 0.6 is 27.3 Å². The Hall–Kier alpha value is -0.950. The molecule has 0 radical (unpaired) electrons. The maximum Gasteiger partial charge on any atom is 0.121 e. The molecule has 0 saturated heterocycles. The number of halogens is 1. The Kier molecular flexibility index (Phi) is 4.93. The number of benzene rings is 1. The summed E-state index contributed by atoms with van der Waals surface area (Å²) in [6, 6.07) is 5.73. The molecule has 2 rings (SSSR count). The van der Waals surface area contributed by atoms with Crippen molar-refractivity contribution < 1.29 is 10.2 Å². The van der Waals surface area contributed by atoms with Crippen molar-refractivity contribution in [2.75, 3.05) is 5.32 Å². The molecule has 2 aromatic rings.